The molecule has 1 radical (unpaired) electrons. The van der Waals surface area contributed by atoms with E-state index >= 15 is 0 Å². The highest BCUT2D eigenvalue weighted by molar-refractivity contribution is 6.68. The molecule has 3 nitrogen and oxygen atoms in total. The summed E-state index contributed by atoms with van der Waals surface area (Å²) in [4.78, 5) is 0. The zero-order valence-electron chi connectivity index (χ0n) is 11.0. The molecule has 0 saturated heterocycles. The van der Waals surface area contributed by atoms with Crippen LogP contribution in [-0.4, -0.2) is 20.3 Å². The standard InChI is InChI=1S/C14H11O.C2H5N2.Al/c15-14-9-5-4-8-13(14)11-10-12-6-2-1-3-7-12;3-1-2-4;/h1-9,11,15H;1H,3-4H2;. The number of hydrogen-bond donors (Lipinski definition) is 3. The third-order valence-electron chi connectivity index (χ3n) is 2.87. The number of aromatic hydroxyl groups is 1. The average Bonchev–Trinajstić information content (AvgIpc) is 2.49. The predicted octanol–water partition coefficient (Wildman–Crippen LogP) is 2.31. The maximum absolute atomic E-state index is 9.89. The molecule has 0 saturated carbocycles. The minimum atomic E-state index is -0.292. The van der Waals surface area contributed by atoms with Crippen molar-refractivity contribution in [1.29, 1.82) is 0 Å². The van der Waals surface area contributed by atoms with Crippen LogP contribution in [0.15, 0.2) is 65.4 Å². The number of para-hydroxylation sites is 1. The van der Waals surface area contributed by atoms with Crippen LogP contribution in [0.25, 0.3) is 10.5 Å². The Bertz CT molecular complexity index is 636. The second-order valence-corrected chi connectivity index (χ2v) is 5.91. The molecule has 99 valence electrons. The van der Waals surface area contributed by atoms with E-state index in [1.807, 2.05) is 48.5 Å². The average molecular weight is 279 g/mol. The van der Waals surface area contributed by atoms with Gasteiger partial charge in [0.15, 0.2) is 0 Å². The molecule has 0 heterocycles. The van der Waals surface area contributed by atoms with Gasteiger partial charge in [-0.05, 0) is 17.8 Å². The van der Waals surface area contributed by atoms with Gasteiger partial charge in [0.2, 0.25) is 0 Å². The molecule has 0 fully saturated rings. The van der Waals surface area contributed by atoms with Crippen LogP contribution in [-0.2, 0) is 0 Å². The topological polar surface area (TPSA) is 72.3 Å². The van der Waals surface area contributed by atoms with Crippen LogP contribution in [0.5, 0.6) is 5.75 Å². The highest BCUT2D eigenvalue weighted by Crippen LogP contribution is 2.23. The molecule has 5 N–H and O–H groups in total. The second kappa shape index (κ2) is 6.86. The number of rotatable bonds is 4. The van der Waals surface area contributed by atoms with Crippen molar-refractivity contribution in [2.45, 2.75) is 0 Å². The molecule has 2 rings (SSSR count). The van der Waals surface area contributed by atoms with E-state index in [9.17, 15) is 5.11 Å². The van der Waals surface area contributed by atoms with E-state index in [0.717, 1.165) is 15.6 Å². The van der Waals surface area contributed by atoms with Crippen molar-refractivity contribution in [3.63, 3.8) is 0 Å². The lowest BCUT2D eigenvalue weighted by molar-refractivity contribution is 0.474. The van der Waals surface area contributed by atoms with E-state index in [2.05, 4.69) is 0 Å². The number of hydrogen-bond acceptors (Lipinski definition) is 3. The fourth-order valence-electron chi connectivity index (χ4n) is 1.84. The minimum absolute atomic E-state index is 0.260. The normalized spacial score (nSPS) is 12.2. The molecule has 0 atom stereocenters. The molecule has 4 heteroatoms. The third-order valence-corrected chi connectivity index (χ3v) is 4.21. The Morgan fingerprint density at radius 1 is 1.00 bits per heavy atom. The first-order valence-electron chi connectivity index (χ1n) is 6.28. The summed E-state index contributed by atoms with van der Waals surface area (Å²) in [6.45, 7) is 0. The summed E-state index contributed by atoms with van der Waals surface area (Å²) in [6.07, 6.45) is 3.41. The Hall–Kier alpha value is -2.15. The quantitative estimate of drug-likeness (QED) is 0.594. The molecule has 20 heavy (non-hydrogen) atoms. The Kier molecular flexibility index (Phi) is 4.89. The molecule has 0 unspecified atom stereocenters. The van der Waals surface area contributed by atoms with Crippen molar-refractivity contribution < 1.29 is 5.11 Å². The lowest BCUT2D eigenvalue weighted by Crippen LogP contribution is -2.11. The van der Waals surface area contributed by atoms with Gasteiger partial charge >= 0.3 is 15.2 Å². The summed E-state index contributed by atoms with van der Waals surface area (Å²) in [7, 11) is 0. The van der Waals surface area contributed by atoms with Crippen LogP contribution in [0, 0.1) is 0 Å². The van der Waals surface area contributed by atoms with Crippen molar-refractivity contribution in [2.75, 3.05) is 0 Å². The first-order chi connectivity index (χ1) is 9.70. The first-order valence-corrected chi connectivity index (χ1v) is 7.43. The number of phenolic OH excluding ortho intramolecular Hbond substituents is 1. The maximum atomic E-state index is 9.89. The smallest absolute Gasteiger partial charge is 0.328 e. The molecule has 0 aromatic heterocycles. The van der Waals surface area contributed by atoms with Crippen LogP contribution in [0.1, 0.15) is 11.1 Å². The molecular weight excluding hydrogens is 263 g/mol. The van der Waals surface area contributed by atoms with Gasteiger partial charge in [-0.3, -0.25) is 0 Å². The van der Waals surface area contributed by atoms with E-state index in [-0.39, 0.29) is 21.0 Å². The lowest BCUT2D eigenvalue weighted by atomic mass is 10.1. The molecule has 0 aliphatic carbocycles. The molecule has 0 aliphatic rings. The Morgan fingerprint density at radius 3 is 2.30 bits per heavy atom. The Labute approximate surface area is 124 Å². The summed E-state index contributed by atoms with van der Waals surface area (Å²) in [6, 6.07) is 17.2. The molecule has 0 spiro atoms. The monoisotopic (exact) mass is 279 g/mol. The van der Waals surface area contributed by atoms with Crippen molar-refractivity contribution in [1.82, 2.24) is 0 Å². The van der Waals surface area contributed by atoms with Gasteiger partial charge in [0.25, 0.3) is 0 Å². The van der Waals surface area contributed by atoms with E-state index < -0.39 is 0 Å². The van der Waals surface area contributed by atoms with Gasteiger partial charge in [-0.25, -0.2) is 0 Å². The maximum Gasteiger partial charge on any atom is 0.328 e. The molecular formula is C16H16AlN2O. The van der Waals surface area contributed by atoms with Crippen molar-refractivity contribution in [2.24, 2.45) is 11.5 Å². The number of benzene rings is 2. The summed E-state index contributed by atoms with van der Waals surface area (Å²) >= 11 is -0.292. The molecule has 2 aromatic rings. The van der Waals surface area contributed by atoms with Crippen LogP contribution >= 0.6 is 0 Å². The van der Waals surface area contributed by atoms with Gasteiger partial charge in [0.1, 0.15) is 5.75 Å². The van der Waals surface area contributed by atoms with Crippen LogP contribution < -0.4 is 11.5 Å². The fraction of sp³-hybridized carbons (Fsp3) is 0. The van der Waals surface area contributed by atoms with Crippen molar-refractivity contribution >= 4 is 25.7 Å². The largest absolute Gasteiger partial charge is 0.507 e. The number of phenols is 1. The van der Waals surface area contributed by atoms with Gasteiger partial charge < -0.3 is 16.6 Å². The van der Waals surface area contributed by atoms with E-state index in [0.29, 0.717) is 4.56 Å². The van der Waals surface area contributed by atoms with Gasteiger partial charge in [0, 0.05) is 5.56 Å². The van der Waals surface area contributed by atoms with Crippen LogP contribution in [0.3, 0.4) is 0 Å². The summed E-state index contributed by atoms with van der Waals surface area (Å²) in [5.41, 5.74) is 13.2. The van der Waals surface area contributed by atoms with Crippen LogP contribution in [0.4, 0.5) is 0 Å². The van der Waals surface area contributed by atoms with E-state index in [4.69, 9.17) is 11.5 Å². The molecule has 2 aromatic carbocycles. The Balaban J connectivity index is 2.44. The highest BCUT2D eigenvalue weighted by Gasteiger charge is 2.07. The fourth-order valence-corrected chi connectivity index (χ4v) is 2.92. The second-order valence-electron chi connectivity index (χ2n) is 4.34. The number of nitrogens with two attached hydrogens (primary N) is 2. The summed E-state index contributed by atoms with van der Waals surface area (Å²) < 4.78 is 1.77. The zero-order valence-corrected chi connectivity index (χ0v) is 12.2. The first kappa shape index (κ1) is 14.3. The lowest BCUT2D eigenvalue weighted by Gasteiger charge is -2.08. The third kappa shape index (κ3) is 3.67. The van der Waals surface area contributed by atoms with E-state index in [1.165, 1.54) is 6.20 Å². The summed E-state index contributed by atoms with van der Waals surface area (Å²) in [5, 5.41) is 9.89. The van der Waals surface area contributed by atoms with Gasteiger partial charge in [-0.2, -0.15) is 0 Å². The minimum Gasteiger partial charge on any atom is -0.507 e. The molecule has 0 aliphatic heterocycles. The van der Waals surface area contributed by atoms with Gasteiger partial charge in [0.05, 0.1) is 0 Å². The highest BCUT2D eigenvalue weighted by atomic mass is 27.1. The molecule has 0 bridgehead atoms. The van der Waals surface area contributed by atoms with Gasteiger partial charge in [-0.1, -0.05) is 59.2 Å². The van der Waals surface area contributed by atoms with Gasteiger partial charge in [-0.15, -0.1) is 4.44 Å². The van der Waals surface area contributed by atoms with Crippen molar-refractivity contribution in [3.05, 3.63) is 76.5 Å². The SMILES string of the molecule is NC=[C](N)[Al][C](=Cc1ccccc1O)c1ccccc1. The zero-order chi connectivity index (χ0) is 14.4. The molecule has 0 amide bonds. The van der Waals surface area contributed by atoms with Crippen LogP contribution in [0.2, 0.25) is 0 Å². The van der Waals surface area contributed by atoms with E-state index in [1.54, 1.807) is 12.1 Å². The predicted molar refractivity (Wildman–Crippen MR) is 84.6 cm³/mol. The summed E-state index contributed by atoms with van der Waals surface area (Å²) in [5.74, 6) is 0.260. The Morgan fingerprint density at radius 2 is 1.65 bits per heavy atom. The van der Waals surface area contributed by atoms with Crippen molar-refractivity contribution in [3.8, 4) is 5.75 Å².